The van der Waals surface area contributed by atoms with Crippen molar-refractivity contribution in [1.29, 1.82) is 0 Å². The lowest BCUT2D eigenvalue weighted by Gasteiger charge is -2.12. The van der Waals surface area contributed by atoms with Crippen LogP contribution in [-0.4, -0.2) is 33.4 Å². The van der Waals surface area contributed by atoms with Crippen LogP contribution in [0.4, 0.5) is 5.69 Å². The molecule has 2 rings (SSSR count). The number of carbonyl (C=O) groups is 2. The van der Waals surface area contributed by atoms with E-state index in [2.05, 4.69) is 10.0 Å². The first-order valence-corrected chi connectivity index (χ1v) is 10.7. The van der Waals surface area contributed by atoms with Gasteiger partial charge in [-0.05, 0) is 50.1 Å². The number of carbonyl (C=O) groups excluding carboxylic acids is 2. The maximum absolute atomic E-state index is 12.1. The molecule has 9 heteroatoms. The van der Waals surface area contributed by atoms with Gasteiger partial charge in [0, 0.05) is 6.54 Å². The maximum atomic E-state index is 12.1. The van der Waals surface area contributed by atoms with Crippen LogP contribution in [0.25, 0.3) is 0 Å². The molecule has 2 aromatic rings. The maximum Gasteiger partial charge on any atom is 0.307 e. The molecule has 0 unspecified atom stereocenters. The molecule has 0 saturated carbocycles. The second-order valence-electron chi connectivity index (χ2n) is 6.61. The highest BCUT2D eigenvalue weighted by molar-refractivity contribution is 7.89. The SMILES string of the molecule is Cc1ccc(S(=O)(=O)NCCC(=O)OCC(=O)Nc2c(C)cc(C)cc2Cl)cc1. The van der Waals surface area contributed by atoms with Gasteiger partial charge in [0.05, 0.1) is 22.0 Å². The van der Waals surface area contributed by atoms with Gasteiger partial charge in [-0.25, -0.2) is 13.1 Å². The third-order valence-electron chi connectivity index (χ3n) is 4.01. The fraction of sp³-hybridized carbons (Fsp3) is 0.300. The molecule has 0 atom stereocenters. The molecule has 2 aromatic carbocycles. The van der Waals surface area contributed by atoms with Crippen molar-refractivity contribution in [3.8, 4) is 0 Å². The minimum Gasteiger partial charge on any atom is -0.456 e. The highest BCUT2D eigenvalue weighted by atomic mass is 35.5. The van der Waals surface area contributed by atoms with Gasteiger partial charge in [0.2, 0.25) is 10.0 Å². The zero-order valence-corrected chi connectivity index (χ0v) is 18.0. The predicted molar refractivity (Wildman–Crippen MR) is 111 cm³/mol. The van der Waals surface area contributed by atoms with Gasteiger partial charge >= 0.3 is 5.97 Å². The first-order chi connectivity index (χ1) is 13.6. The molecule has 7 nitrogen and oxygen atoms in total. The number of nitrogens with one attached hydrogen (secondary N) is 2. The van der Waals surface area contributed by atoms with Crippen LogP contribution in [-0.2, 0) is 24.3 Å². The van der Waals surface area contributed by atoms with E-state index < -0.39 is 28.5 Å². The number of hydrogen-bond acceptors (Lipinski definition) is 5. The van der Waals surface area contributed by atoms with Crippen LogP contribution in [0.1, 0.15) is 23.1 Å². The van der Waals surface area contributed by atoms with Crippen LogP contribution in [0.5, 0.6) is 0 Å². The quantitative estimate of drug-likeness (QED) is 0.616. The first-order valence-electron chi connectivity index (χ1n) is 8.87. The molecule has 2 N–H and O–H groups in total. The summed E-state index contributed by atoms with van der Waals surface area (Å²) in [6, 6.07) is 9.92. The molecule has 0 aliphatic carbocycles. The molecular formula is C20H23ClN2O5S. The average Bonchev–Trinajstić information content (AvgIpc) is 2.63. The normalized spacial score (nSPS) is 11.2. The second-order valence-corrected chi connectivity index (χ2v) is 8.78. The topological polar surface area (TPSA) is 102 Å². The van der Waals surface area contributed by atoms with Crippen molar-refractivity contribution in [3.05, 3.63) is 58.1 Å². The summed E-state index contributed by atoms with van der Waals surface area (Å²) in [4.78, 5) is 23.9. The van der Waals surface area contributed by atoms with E-state index >= 15 is 0 Å². The second kappa shape index (κ2) is 9.87. The van der Waals surface area contributed by atoms with E-state index in [9.17, 15) is 18.0 Å². The Morgan fingerprint density at radius 2 is 1.69 bits per heavy atom. The molecule has 0 aliphatic rings. The molecule has 0 aliphatic heterocycles. The van der Waals surface area contributed by atoms with Crippen molar-refractivity contribution in [2.24, 2.45) is 0 Å². The summed E-state index contributed by atoms with van der Waals surface area (Å²) in [5, 5.41) is 3.00. The Hall–Kier alpha value is -2.42. The lowest BCUT2D eigenvalue weighted by atomic mass is 10.1. The van der Waals surface area contributed by atoms with Crippen LogP contribution in [0.3, 0.4) is 0 Å². The third kappa shape index (κ3) is 6.85. The fourth-order valence-corrected chi connectivity index (χ4v) is 3.96. The number of aryl methyl sites for hydroxylation is 3. The van der Waals surface area contributed by atoms with Gasteiger partial charge in [-0.1, -0.05) is 35.4 Å². The summed E-state index contributed by atoms with van der Waals surface area (Å²) in [7, 11) is -3.71. The predicted octanol–water partition coefficient (Wildman–Crippen LogP) is 3.12. The van der Waals surface area contributed by atoms with E-state index in [1.165, 1.54) is 12.1 Å². The van der Waals surface area contributed by atoms with Crippen molar-refractivity contribution < 1.29 is 22.7 Å². The van der Waals surface area contributed by atoms with E-state index in [4.69, 9.17) is 16.3 Å². The zero-order chi connectivity index (χ0) is 21.6. The van der Waals surface area contributed by atoms with E-state index in [0.29, 0.717) is 10.7 Å². The van der Waals surface area contributed by atoms with Gasteiger partial charge in [-0.2, -0.15) is 0 Å². The van der Waals surface area contributed by atoms with Gasteiger partial charge in [0.1, 0.15) is 0 Å². The Labute approximate surface area is 175 Å². The first kappa shape index (κ1) is 22.9. The lowest BCUT2D eigenvalue weighted by Crippen LogP contribution is -2.28. The molecule has 0 fully saturated rings. The molecule has 1 amide bonds. The Morgan fingerprint density at radius 1 is 1.03 bits per heavy atom. The zero-order valence-electron chi connectivity index (χ0n) is 16.4. The number of anilines is 1. The van der Waals surface area contributed by atoms with Crippen LogP contribution < -0.4 is 10.0 Å². The number of hydrogen-bond donors (Lipinski definition) is 2. The summed E-state index contributed by atoms with van der Waals surface area (Å²) < 4.78 is 31.5. The Morgan fingerprint density at radius 3 is 2.31 bits per heavy atom. The minimum absolute atomic E-state index is 0.112. The largest absolute Gasteiger partial charge is 0.456 e. The Balaban J connectivity index is 1.78. The highest BCUT2D eigenvalue weighted by Crippen LogP contribution is 2.27. The molecule has 0 saturated heterocycles. The number of sulfonamides is 1. The fourth-order valence-electron chi connectivity index (χ4n) is 2.56. The summed E-state index contributed by atoms with van der Waals surface area (Å²) in [5.74, 6) is -1.23. The van der Waals surface area contributed by atoms with E-state index in [1.54, 1.807) is 25.1 Å². The minimum atomic E-state index is -3.71. The third-order valence-corrected chi connectivity index (χ3v) is 5.79. The van der Waals surface area contributed by atoms with Gasteiger partial charge in [0.15, 0.2) is 6.61 Å². The molecule has 0 spiro atoms. The molecule has 0 radical (unpaired) electrons. The summed E-state index contributed by atoms with van der Waals surface area (Å²) in [6.45, 7) is 4.91. The van der Waals surface area contributed by atoms with Gasteiger partial charge in [-0.15, -0.1) is 0 Å². The summed E-state index contributed by atoms with van der Waals surface area (Å²) in [6.07, 6.45) is -0.206. The molecule has 0 heterocycles. The van der Waals surface area contributed by atoms with Gasteiger partial charge in [0.25, 0.3) is 5.91 Å². The van der Waals surface area contributed by atoms with Crippen LogP contribution >= 0.6 is 11.6 Å². The molecule has 29 heavy (non-hydrogen) atoms. The van der Waals surface area contributed by atoms with Crippen molar-refractivity contribution >= 4 is 39.2 Å². The summed E-state index contributed by atoms with van der Waals surface area (Å²) >= 11 is 6.12. The Kier molecular flexibility index (Phi) is 7.78. The van der Waals surface area contributed by atoms with E-state index in [0.717, 1.165) is 16.7 Å². The van der Waals surface area contributed by atoms with Crippen molar-refractivity contribution in [2.45, 2.75) is 32.1 Å². The summed E-state index contributed by atoms with van der Waals surface area (Å²) in [5.41, 5.74) is 3.15. The van der Waals surface area contributed by atoms with E-state index in [1.807, 2.05) is 19.9 Å². The van der Waals surface area contributed by atoms with Crippen molar-refractivity contribution in [2.75, 3.05) is 18.5 Å². The van der Waals surface area contributed by atoms with Crippen LogP contribution in [0, 0.1) is 20.8 Å². The number of rotatable bonds is 8. The molecular weight excluding hydrogens is 416 g/mol. The van der Waals surface area contributed by atoms with Crippen LogP contribution in [0.2, 0.25) is 5.02 Å². The number of halogens is 1. The number of esters is 1. The smallest absolute Gasteiger partial charge is 0.307 e. The number of benzene rings is 2. The van der Waals surface area contributed by atoms with Gasteiger partial charge < -0.3 is 10.1 Å². The van der Waals surface area contributed by atoms with Gasteiger partial charge in [-0.3, -0.25) is 9.59 Å². The Bertz CT molecular complexity index is 981. The highest BCUT2D eigenvalue weighted by Gasteiger charge is 2.15. The molecule has 156 valence electrons. The standard InChI is InChI=1S/C20H23ClN2O5S/c1-13-4-6-16(7-5-13)29(26,27)22-9-8-19(25)28-12-18(24)23-20-15(3)10-14(2)11-17(20)21/h4-7,10-11,22H,8-9,12H2,1-3H3,(H,23,24). The van der Waals surface area contributed by atoms with E-state index in [-0.39, 0.29) is 17.9 Å². The van der Waals surface area contributed by atoms with Crippen LogP contribution in [0.15, 0.2) is 41.3 Å². The average molecular weight is 439 g/mol. The van der Waals surface area contributed by atoms with Crippen molar-refractivity contribution in [1.82, 2.24) is 4.72 Å². The number of ether oxygens (including phenoxy) is 1. The number of amides is 1. The monoisotopic (exact) mass is 438 g/mol. The van der Waals surface area contributed by atoms with Crippen molar-refractivity contribution in [3.63, 3.8) is 0 Å². The lowest BCUT2D eigenvalue weighted by molar-refractivity contribution is -0.147. The molecule has 0 aromatic heterocycles. The molecule has 0 bridgehead atoms.